The first-order valence-electron chi connectivity index (χ1n) is 13.4. The molecule has 0 aromatic heterocycles. The van der Waals surface area contributed by atoms with E-state index in [1.54, 1.807) is 0 Å². The Labute approximate surface area is 215 Å². The van der Waals surface area contributed by atoms with Crippen LogP contribution in [0.15, 0.2) is 78.9 Å². The summed E-state index contributed by atoms with van der Waals surface area (Å²) >= 11 is 6.34. The molecule has 5 fully saturated rings. The number of hydrogen-bond donors (Lipinski definition) is 0. The summed E-state index contributed by atoms with van der Waals surface area (Å²) in [4.78, 5) is 5.16. The molecule has 1 heterocycles. The minimum atomic E-state index is 0.253. The third kappa shape index (κ3) is 3.62. The second-order valence-electron chi connectivity index (χ2n) is 11.7. The first kappa shape index (κ1) is 21.6. The van der Waals surface area contributed by atoms with Gasteiger partial charge < -0.3 is 9.80 Å². The van der Waals surface area contributed by atoms with Crippen LogP contribution in [-0.4, -0.2) is 22.1 Å². The molecule has 8 rings (SSSR count). The first-order valence-corrected chi connectivity index (χ1v) is 13.8. The van der Waals surface area contributed by atoms with Gasteiger partial charge in [0.05, 0.1) is 6.04 Å². The molecule has 0 unspecified atom stereocenters. The smallest absolute Gasteiger partial charge is 0.177 e. The molecule has 0 N–H and O–H groups in total. The van der Waals surface area contributed by atoms with E-state index in [1.807, 2.05) is 0 Å². The van der Waals surface area contributed by atoms with Gasteiger partial charge in [0.2, 0.25) is 0 Å². The van der Waals surface area contributed by atoms with Crippen LogP contribution in [0.2, 0.25) is 0 Å². The Morgan fingerprint density at radius 3 is 1.89 bits per heavy atom. The minimum Gasteiger partial charge on any atom is -0.341 e. The van der Waals surface area contributed by atoms with E-state index < -0.39 is 0 Å². The Bertz CT molecular complexity index is 1200. The SMILES string of the molecule is Cc1ccc(N2C(=S)N(C34CC5CC(CC(C5)C3)C4)C[C@@H]2c2ccc(-c3ccccc3)cc2)cc1. The fourth-order valence-electron chi connectivity index (χ4n) is 8.17. The van der Waals surface area contributed by atoms with Crippen LogP contribution in [0.1, 0.15) is 55.7 Å². The van der Waals surface area contributed by atoms with Gasteiger partial charge in [-0.05, 0) is 104 Å². The van der Waals surface area contributed by atoms with E-state index in [4.69, 9.17) is 12.2 Å². The molecule has 1 aliphatic heterocycles. The maximum absolute atomic E-state index is 6.34. The monoisotopic (exact) mass is 478 g/mol. The largest absolute Gasteiger partial charge is 0.341 e. The van der Waals surface area contributed by atoms with Crippen molar-refractivity contribution in [3.63, 3.8) is 0 Å². The number of rotatable bonds is 4. The van der Waals surface area contributed by atoms with Crippen LogP contribution < -0.4 is 4.90 Å². The summed E-state index contributed by atoms with van der Waals surface area (Å²) in [6.45, 7) is 3.16. The molecule has 0 spiro atoms. The highest BCUT2D eigenvalue weighted by Gasteiger charge is 2.56. The molecule has 3 aromatic carbocycles. The Hall–Kier alpha value is -2.65. The van der Waals surface area contributed by atoms with Gasteiger partial charge in [-0.2, -0.15) is 0 Å². The molecule has 178 valence electrons. The highest BCUT2D eigenvalue weighted by atomic mass is 32.1. The molecular weight excluding hydrogens is 444 g/mol. The van der Waals surface area contributed by atoms with Gasteiger partial charge in [-0.25, -0.2) is 0 Å². The van der Waals surface area contributed by atoms with E-state index in [2.05, 4.69) is 95.6 Å². The van der Waals surface area contributed by atoms with E-state index in [1.165, 1.54) is 66.5 Å². The van der Waals surface area contributed by atoms with Gasteiger partial charge in [0.1, 0.15) is 0 Å². The molecule has 0 amide bonds. The number of thiocarbonyl (C=S) groups is 1. The lowest BCUT2D eigenvalue weighted by atomic mass is 9.52. The van der Waals surface area contributed by atoms with Crippen molar-refractivity contribution in [2.45, 2.75) is 57.0 Å². The summed E-state index contributed by atoms with van der Waals surface area (Å²) in [6, 6.07) is 29.1. The summed E-state index contributed by atoms with van der Waals surface area (Å²) in [7, 11) is 0. The molecule has 1 atom stereocenters. The van der Waals surface area contributed by atoms with Gasteiger partial charge in [-0.15, -0.1) is 0 Å². The summed E-state index contributed by atoms with van der Waals surface area (Å²) in [5, 5.41) is 1.05. The topological polar surface area (TPSA) is 6.48 Å². The van der Waals surface area contributed by atoms with Crippen LogP contribution in [0.5, 0.6) is 0 Å². The van der Waals surface area contributed by atoms with Gasteiger partial charge in [-0.3, -0.25) is 0 Å². The maximum atomic E-state index is 6.34. The van der Waals surface area contributed by atoms with Crippen molar-refractivity contribution in [3.05, 3.63) is 90.0 Å². The van der Waals surface area contributed by atoms with Gasteiger partial charge in [-0.1, -0.05) is 72.3 Å². The standard InChI is InChI=1S/C32H34N2S/c1-22-7-13-29(14-8-22)34-30(28-11-9-27(10-12-28)26-5-3-2-4-6-26)21-33(31(34)35)32-18-23-15-24(19-32)17-25(16-23)20-32/h2-14,23-25,30H,15-21H2,1H3/t23?,24?,25?,30-,32?/m1/s1. The van der Waals surface area contributed by atoms with Crippen LogP contribution in [0.3, 0.4) is 0 Å². The molecule has 4 aliphatic carbocycles. The van der Waals surface area contributed by atoms with E-state index >= 15 is 0 Å². The van der Waals surface area contributed by atoms with Crippen molar-refractivity contribution >= 4 is 23.0 Å². The number of hydrogen-bond acceptors (Lipinski definition) is 1. The quantitative estimate of drug-likeness (QED) is 0.354. The van der Waals surface area contributed by atoms with Crippen molar-refractivity contribution in [3.8, 4) is 11.1 Å². The highest BCUT2D eigenvalue weighted by molar-refractivity contribution is 7.80. The lowest BCUT2D eigenvalue weighted by Crippen LogP contribution is -2.60. The molecule has 3 heteroatoms. The summed E-state index contributed by atoms with van der Waals surface area (Å²) < 4.78 is 0. The van der Waals surface area contributed by atoms with Crippen LogP contribution in [-0.2, 0) is 0 Å². The third-order valence-corrected chi connectivity index (χ3v) is 9.81. The third-order valence-electron chi connectivity index (χ3n) is 9.40. The van der Waals surface area contributed by atoms with Crippen LogP contribution in [0.4, 0.5) is 5.69 Å². The van der Waals surface area contributed by atoms with E-state index in [9.17, 15) is 0 Å². The molecule has 1 saturated heterocycles. The second kappa shape index (κ2) is 8.20. The predicted molar refractivity (Wildman–Crippen MR) is 148 cm³/mol. The number of aryl methyl sites for hydroxylation is 1. The Balaban J connectivity index is 1.26. The zero-order valence-corrected chi connectivity index (χ0v) is 21.4. The first-order chi connectivity index (χ1) is 17.1. The van der Waals surface area contributed by atoms with E-state index in [0.717, 1.165) is 29.4 Å². The zero-order valence-electron chi connectivity index (χ0n) is 20.6. The number of benzene rings is 3. The summed E-state index contributed by atoms with van der Waals surface area (Å²) in [5.41, 5.74) is 6.71. The molecule has 35 heavy (non-hydrogen) atoms. The second-order valence-corrected chi connectivity index (χ2v) is 12.1. The van der Waals surface area contributed by atoms with Crippen LogP contribution >= 0.6 is 12.2 Å². The Morgan fingerprint density at radius 1 is 0.714 bits per heavy atom. The van der Waals surface area contributed by atoms with Crippen molar-refractivity contribution in [1.82, 2.24) is 4.90 Å². The molecule has 4 saturated carbocycles. The van der Waals surface area contributed by atoms with E-state index in [-0.39, 0.29) is 11.6 Å². The van der Waals surface area contributed by atoms with Crippen molar-refractivity contribution < 1.29 is 0 Å². The highest BCUT2D eigenvalue weighted by Crippen LogP contribution is 2.59. The zero-order chi connectivity index (χ0) is 23.6. The summed E-state index contributed by atoms with van der Waals surface area (Å²) in [6.07, 6.45) is 8.44. The van der Waals surface area contributed by atoms with Gasteiger partial charge in [0, 0.05) is 17.8 Å². The van der Waals surface area contributed by atoms with Crippen LogP contribution in [0, 0.1) is 24.7 Å². The van der Waals surface area contributed by atoms with Crippen LogP contribution in [0.25, 0.3) is 11.1 Å². The Morgan fingerprint density at radius 2 is 1.29 bits per heavy atom. The van der Waals surface area contributed by atoms with Gasteiger partial charge in [0.25, 0.3) is 0 Å². The molecule has 2 nitrogen and oxygen atoms in total. The molecule has 4 bridgehead atoms. The van der Waals surface area contributed by atoms with Crippen molar-refractivity contribution in [1.29, 1.82) is 0 Å². The Kier molecular flexibility index (Phi) is 5.06. The number of anilines is 1. The maximum Gasteiger partial charge on any atom is 0.177 e. The lowest BCUT2D eigenvalue weighted by molar-refractivity contribution is -0.0589. The van der Waals surface area contributed by atoms with Gasteiger partial charge in [0.15, 0.2) is 5.11 Å². The van der Waals surface area contributed by atoms with Gasteiger partial charge >= 0.3 is 0 Å². The van der Waals surface area contributed by atoms with E-state index in [0.29, 0.717) is 0 Å². The minimum absolute atomic E-state index is 0.253. The summed E-state index contributed by atoms with van der Waals surface area (Å²) in [5.74, 6) is 2.75. The van der Waals surface area contributed by atoms with Crippen molar-refractivity contribution in [2.24, 2.45) is 17.8 Å². The molecule has 0 radical (unpaired) electrons. The fraction of sp³-hybridized carbons (Fsp3) is 0.406. The fourth-order valence-corrected chi connectivity index (χ4v) is 8.67. The molecular formula is C32H34N2S. The number of nitrogens with zero attached hydrogens (tertiary/aromatic N) is 2. The normalized spacial score (nSPS) is 31.4. The average molecular weight is 479 g/mol. The lowest BCUT2D eigenvalue weighted by Gasteiger charge is -2.60. The van der Waals surface area contributed by atoms with Crippen molar-refractivity contribution in [2.75, 3.05) is 11.4 Å². The molecule has 3 aromatic rings. The predicted octanol–water partition coefficient (Wildman–Crippen LogP) is 7.78. The average Bonchev–Trinajstić information content (AvgIpc) is 3.22. The molecule has 5 aliphatic rings.